The standard InChI is InChI=1S/C7H13NO4S2/c1-14(10,11)8-4-2-5-12-7(9)3-6-13/h4,13H,2-3,5-6H2,1H3. The number of hydrogen-bond acceptors (Lipinski definition) is 5. The summed E-state index contributed by atoms with van der Waals surface area (Å²) in [7, 11) is -3.32. The second-order valence-corrected chi connectivity index (χ2v) is 4.63. The zero-order valence-corrected chi connectivity index (χ0v) is 9.55. The average Bonchev–Trinajstić information content (AvgIpc) is 2.02. The van der Waals surface area contributed by atoms with Gasteiger partial charge in [0.1, 0.15) is 0 Å². The Kier molecular flexibility index (Phi) is 6.56. The van der Waals surface area contributed by atoms with Crippen molar-refractivity contribution in [1.82, 2.24) is 0 Å². The molecule has 0 N–H and O–H groups in total. The highest BCUT2D eigenvalue weighted by molar-refractivity contribution is 7.89. The highest BCUT2D eigenvalue weighted by Gasteiger charge is 1.99. The van der Waals surface area contributed by atoms with Crippen LogP contribution in [0.3, 0.4) is 0 Å². The van der Waals surface area contributed by atoms with Crippen LogP contribution < -0.4 is 0 Å². The summed E-state index contributed by atoms with van der Waals surface area (Å²) in [5.41, 5.74) is 0. The summed E-state index contributed by atoms with van der Waals surface area (Å²) in [5, 5.41) is 0. The average molecular weight is 239 g/mol. The van der Waals surface area contributed by atoms with E-state index in [9.17, 15) is 13.2 Å². The summed E-state index contributed by atoms with van der Waals surface area (Å²) >= 11 is 3.85. The highest BCUT2D eigenvalue weighted by atomic mass is 32.2. The summed E-state index contributed by atoms with van der Waals surface area (Å²) in [4.78, 5) is 10.8. The van der Waals surface area contributed by atoms with Crippen LogP contribution in [0.5, 0.6) is 0 Å². The van der Waals surface area contributed by atoms with Crippen LogP contribution >= 0.6 is 12.6 Å². The molecule has 0 aromatic carbocycles. The number of esters is 1. The van der Waals surface area contributed by atoms with Crippen LogP contribution in [0.4, 0.5) is 0 Å². The Morgan fingerprint density at radius 3 is 2.71 bits per heavy atom. The molecular formula is C7H13NO4S2. The molecule has 0 aliphatic carbocycles. The summed E-state index contributed by atoms with van der Waals surface area (Å²) in [6.45, 7) is 0.144. The Morgan fingerprint density at radius 1 is 1.57 bits per heavy atom. The van der Waals surface area contributed by atoms with Gasteiger partial charge in [-0.2, -0.15) is 17.0 Å². The van der Waals surface area contributed by atoms with E-state index in [2.05, 4.69) is 17.0 Å². The van der Waals surface area contributed by atoms with Gasteiger partial charge in [0.15, 0.2) is 0 Å². The van der Waals surface area contributed by atoms with Crippen molar-refractivity contribution in [3.63, 3.8) is 0 Å². The number of carbonyl (C=O) groups excluding carboxylic acids is 1. The van der Waals surface area contributed by atoms with Crippen molar-refractivity contribution >= 4 is 34.8 Å². The van der Waals surface area contributed by atoms with Crippen molar-refractivity contribution in [2.75, 3.05) is 18.6 Å². The fraction of sp³-hybridized carbons (Fsp3) is 0.714. The first-order valence-corrected chi connectivity index (χ1v) is 6.44. The number of thiol groups is 1. The van der Waals surface area contributed by atoms with Crippen LogP contribution in [0.25, 0.3) is 0 Å². The molecular weight excluding hydrogens is 226 g/mol. The van der Waals surface area contributed by atoms with E-state index < -0.39 is 10.0 Å². The molecule has 0 spiro atoms. The normalized spacial score (nSPS) is 11.9. The fourth-order valence-corrected chi connectivity index (χ4v) is 1.14. The lowest BCUT2D eigenvalue weighted by molar-refractivity contribution is -0.142. The monoisotopic (exact) mass is 239 g/mol. The Hall–Kier alpha value is -0.560. The van der Waals surface area contributed by atoms with Gasteiger partial charge < -0.3 is 4.74 Å². The lowest BCUT2D eigenvalue weighted by Gasteiger charge is -1.99. The zero-order valence-electron chi connectivity index (χ0n) is 7.84. The Bertz CT molecular complexity index is 297. The molecule has 0 heterocycles. The van der Waals surface area contributed by atoms with E-state index in [1.807, 2.05) is 0 Å². The maximum atomic E-state index is 10.8. The van der Waals surface area contributed by atoms with E-state index in [1.54, 1.807) is 0 Å². The highest BCUT2D eigenvalue weighted by Crippen LogP contribution is 1.90. The largest absolute Gasteiger partial charge is 0.465 e. The van der Waals surface area contributed by atoms with Gasteiger partial charge in [-0.05, 0) is 0 Å². The predicted molar refractivity (Wildman–Crippen MR) is 57.4 cm³/mol. The van der Waals surface area contributed by atoms with E-state index in [1.165, 1.54) is 6.21 Å². The van der Waals surface area contributed by atoms with Crippen LogP contribution in [0, 0.1) is 0 Å². The SMILES string of the molecule is CS(=O)(=O)N=CCCOC(=O)CCS. The van der Waals surface area contributed by atoms with Crippen molar-refractivity contribution in [1.29, 1.82) is 0 Å². The molecule has 5 nitrogen and oxygen atoms in total. The summed E-state index contributed by atoms with van der Waals surface area (Å²) in [6, 6.07) is 0. The number of sulfonamides is 1. The molecule has 7 heteroatoms. The third-order valence-corrected chi connectivity index (χ3v) is 1.85. The number of ether oxygens (including phenoxy) is 1. The summed E-state index contributed by atoms with van der Waals surface area (Å²) < 4.78 is 29.0. The van der Waals surface area contributed by atoms with Gasteiger partial charge in [0.25, 0.3) is 0 Å². The molecule has 0 unspecified atom stereocenters. The third-order valence-electron chi connectivity index (χ3n) is 1.09. The van der Waals surface area contributed by atoms with Gasteiger partial charge in [0, 0.05) is 18.4 Å². The molecule has 0 saturated heterocycles. The molecule has 0 aromatic rings. The minimum Gasteiger partial charge on any atom is -0.465 e. The van der Waals surface area contributed by atoms with Gasteiger partial charge in [-0.15, -0.1) is 0 Å². The van der Waals surface area contributed by atoms with E-state index in [0.29, 0.717) is 12.2 Å². The third kappa shape index (κ3) is 9.53. The molecule has 0 rings (SSSR count). The van der Waals surface area contributed by atoms with Crippen molar-refractivity contribution in [2.24, 2.45) is 4.40 Å². The molecule has 0 fully saturated rings. The summed E-state index contributed by atoms with van der Waals surface area (Å²) in [5.74, 6) is 0.101. The molecule has 82 valence electrons. The fourth-order valence-electron chi connectivity index (χ4n) is 0.577. The topological polar surface area (TPSA) is 72.8 Å². The molecule has 0 bridgehead atoms. The van der Waals surface area contributed by atoms with Crippen LogP contribution in [0.1, 0.15) is 12.8 Å². The van der Waals surface area contributed by atoms with E-state index >= 15 is 0 Å². The number of hydrogen-bond donors (Lipinski definition) is 1. The molecule has 0 aliphatic rings. The van der Waals surface area contributed by atoms with E-state index in [-0.39, 0.29) is 19.0 Å². The second kappa shape index (κ2) is 6.83. The van der Waals surface area contributed by atoms with Crippen LogP contribution in [0.15, 0.2) is 4.40 Å². The zero-order chi connectivity index (χ0) is 11.0. The van der Waals surface area contributed by atoms with Crippen molar-refractivity contribution in [3.8, 4) is 0 Å². The number of carbonyl (C=O) groups is 1. The number of rotatable bonds is 6. The molecule has 0 aliphatic heterocycles. The van der Waals surface area contributed by atoms with Crippen molar-refractivity contribution in [3.05, 3.63) is 0 Å². The first-order chi connectivity index (χ1) is 6.45. The lowest BCUT2D eigenvalue weighted by atomic mass is 10.5. The molecule has 0 atom stereocenters. The predicted octanol–water partition coefficient (Wildman–Crippen LogP) is 0.270. The maximum absolute atomic E-state index is 10.8. The second-order valence-electron chi connectivity index (χ2n) is 2.50. The quantitative estimate of drug-likeness (QED) is 0.312. The Morgan fingerprint density at radius 2 is 2.21 bits per heavy atom. The van der Waals surface area contributed by atoms with Gasteiger partial charge >= 0.3 is 5.97 Å². The molecule has 0 amide bonds. The minimum atomic E-state index is -3.32. The molecule has 14 heavy (non-hydrogen) atoms. The maximum Gasteiger partial charge on any atom is 0.306 e. The van der Waals surface area contributed by atoms with Gasteiger partial charge in [0.2, 0.25) is 10.0 Å². The minimum absolute atomic E-state index is 0.144. The van der Waals surface area contributed by atoms with E-state index in [0.717, 1.165) is 6.26 Å². The smallest absolute Gasteiger partial charge is 0.306 e. The van der Waals surface area contributed by atoms with E-state index in [4.69, 9.17) is 4.74 Å². The van der Waals surface area contributed by atoms with Crippen molar-refractivity contribution in [2.45, 2.75) is 12.8 Å². The first kappa shape index (κ1) is 13.4. The lowest BCUT2D eigenvalue weighted by Crippen LogP contribution is -2.06. The van der Waals surface area contributed by atoms with Gasteiger partial charge in [-0.1, -0.05) is 0 Å². The Labute approximate surface area is 89.0 Å². The number of nitrogens with zero attached hydrogens (tertiary/aromatic N) is 1. The molecule has 0 aromatic heterocycles. The van der Waals surface area contributed by atoms with Gasteiger partial charge in [-0.25, -0.2) is 8.42 Å². The van der Waals surface area contributed by atoms with Gasteiger partial charge in [0.05, 0.1) is 19.3 Å². The van der Waals surface area contributed by atoms with Crippen LogP contribution in [-0.4, -0.2) is 39.2 Å². The van der Waals surface area contributed by atoms with Crippen molar-refractivity contribution < 1.29 is 17.9 Å². The van der Waals surface area contributed by atoms with Crippen LogP contribution in [0.2, 0.25) is 0 Å². The molecule has 0 saturated carbocycles. The summed E-state index contributed by atoms with van der Waals surface area (Å²) in [6.07, 6.45) is 2.76. The van der Waals surface area contributed by atoms with Gasteiger partial charge in [-0.3, -0.25) is 4.79 Å². The first-order valence-electron chi connectivity index (χ1n) is 3.96. The van der Waals surface area contributed by atoms with Crippen LogP contribution in [-0.2, 0) is 19.6 Å². The molecule has 0 radical (unpaired) electrons. The Balaban J connectivity index is 3.57.